The van der Waals surface area contributed by atoms with Gasteiger partial charge in [0.05, 0.1) is 11.5 Å². The molecule has 0 aliphatic carbocycles. The third-order valence-electron chi connectivity index (χ3n) is 3.07. The summed E-state index contributed by atoms with van der Waals surface area (Å²) in [6.45, 7) is 1.80. The average Bonchev–Trinajstić information content (AvgIpc) is 2.46. The molecule has 23 heavy (non-hydrogen) atoms. The van der Waals surface area contributed by atoms with Crippen molar-refractivity contribution < 1.29 is 27.9 Å². The fraction of sp³-hybridized carbons (Fsp3) is 0.467. The highest BCUT2D eigenvalue weighted by Crippen LogP contribution is 2.16. The Morgan fingerprint density at radius 3 is 2.35 bits per heavy atom. The van der Waals surface area contributed by atoms with E-state index in [1.54, 1.807) is 12.1 Å². The van der Waals surface area contributed by atoms with Crippen LogP contribution in [-0.2, 0) is 19.4 Å². The zero-order valence-electron chi connectivity index (χ0n) is 13.1. The van der Waals surface area contributed by atoms with Crippen LogP contribution in [0.1, 0.15) is 26.2 Å². The number of carbonyl (C=O) groups excluding carboxylic acids is 1. The molecule has 1 unspecified atom stereocenters. The fourth-order valence-corrected chi connectivity index (χ4v) is 2.37. The number of sulfone groups is 1. The van der Waals surface area contributed by atoms with Gasteiger partial charge in [-0.2, -0.15) is 0 Å². The molecule has 0 aliphatic rings. The summed E-state index contributed by atoms with van der Waals surface area (Å²) in [5.74, 6) is -0.821. The topological polar surface area (TPSA) is 110 Å². The van der Waals surface area contributed by atoms with E-state index >= 15 is 0 Å². The second kappa shape index (κ2) is 8.52. The van der Waals surface area contributed by atoms with E-state index in [9.17, 15) is 18.0 Å². The predicted molar refractivity (Wildman–Crippen MR) is 84.1 cm³/mol. The van der Waals surface area contributed by atoms with Gasteiger partial charge in [-0.15, -0.1) is 0 Å². The van der Waals surface area contributed by atoms with Crippen LogP contribution in [0.3, 0.4) is 0 Å². The number of aliphatic carboxylic acids is 1. The van der Waals surface area contributed by atoms with Crippen LogP contribution in [0.4, 0.5) is 0 Å². The molecule has 0 fully saturated rings. The van der Waals surface area contributed by atoms with Gasteiger partial charge >= 0.3 is 5.97 Å². The number of nitrogens with one attached hydrogen (secondary N) is 1. The van der Waals surface area contributed by atoms with E-state index in [1.807, 2.05) is 0 Å². The van der Waals surface area contributed by atoms with E-state index in [2.05, 4.69) is 5.32 Å². The van der Waals surface area contributed by atoms with Crippen LogP contribution >= 0.6 is 0 Å². The van der Waals surface area contributed by atoms with Crippen LogP contribution in [0.25, 0.3) is 0 Å². The number of rotatable bonds is 9. The van der Waals surface area contributed by atoms with E-state index < -0.39 is 21.8 Å². The summed E-state index contributed by atoms with van der Waals surface area (Å²) in [5, 5.41) is 11.0. The van der Waals surface area contributed by atoms with E-state index in [0.29, 0.717) is 25.2 Å². The van der Waals surface area contributed by atoms with Gasteiger partial charge in [-0.3, -0.25) is 9.59 Å². The van der Waals surface area contributed by atoms with Gasteiger partial charge in [-0.1, -0.05) is 0 Å². The van der Waals surface area contributed by atoms with Crippen molar-refractivity contribution in [2.24, 2.45) is 0 Å². The maximum absolute atomic E-state index is 11.5. The standard InChI is InChI=1S/C15H21NO6S/c1-11(15(18)19)16-14(17)5-3-4-10-22-12-6-8-13(9-7-12)23(2,20)21/h6-9,11H,3-5,10H2,1-2H3,(H,16,17)(H,18,19). The van der Waals surface area contributed by atoms with E-state index in [0.717, 1.165) is 6.26 Å². The van der Waals surface area contributed by atoms with Crippen LogP contribution in [0.15, 0.2) is 29.2 Å². The molecule has 0 bridgehead atoms. The van der Waals surface area contributed by atoms with Gasteiger partial charge in [0.2, 0.25) is 5.91 Å². The second-order valence-electron chi connectivity index (χ2n) is 5.18. The summed E-state index contributed by atoms with van der Waals surface area (Å²) in [4.78, 5) is 22.3. The molecule has 0 aromatic heterocycles. The average molecular weight is 343 g/mol. The lowest BCUT2D eigenvalue weighted by atomic mass is 10.2. The van der Waals surface area contributed by atoms with Crippen molar-refractivity contribution in [2.75, 3.05) is 12.9 Å². The Bertz CT molecular complexity index is 638. The molecule has 128 valence electrons. The molecule has 2 N–H and O–H groups in total. The lowest BCUT2D eigenvalue weighted by Crippen LogP contribution is -2.38. The Morgan fingerprint density at radius 1 is 1.22 bits per heavy atom. The molecule has 1 aromatic rings. The first-order chi connectivity index (χ1) is 10.7. The third kappa shape index (κ3) is 7.14. The summed E-state index contributed by atoms with van der Waals surface area (Å²) in [6, 6.07) is 5.22. The van der Waals surface area contributed by atoms with Gasteiger partial charge in [-0.05, 0) is 44.0 Å². The van der Waals surface area contributed by atoms with Gasteiger partial charge in [0.1, 0.15) is 11.8 Å². The molecule has 1 rings (SSSR count). The molecule has 0 saturated heterocycles. The van der Waals surface area contributed by atoms with Gasteiger partial charge in [0.25, 0.3) is 0 Å². The zero-order chi connectivity index (χ0) is 17.5. The lowest BCUT2D eigenvalue weighted by molar-refractivity contribution is -0.141. The molecule has 8 heteroatoms. The highest BCUT2D eigenvalue weighted by molar-refractivity contribution is 7.90. The van der Waals surface area contributed by atoms with Crippen molar-refractivity contribution in [3.63, 3.8) is 0 Å². The van der Waals surface area contributed by atoms with Crippen molar-refractivity contribution in [2.45, 2.75) is 37.1 Å². The number of amides is 1. The lowest BCUT2D eigenvalue weighted by Gasteiger charge is -2.09. The van der Waals surface area contributed by atoms with Gasteiger partial charge < -0.3 is 15.2 Å². The van der Waals surface area contributed by atoms with E-state index in [1.165, 1.54) is 19.1 Å². The molecule has 0 heterocycles. The first-order valence-electron chi connectivity index (χ1n) is 7.15. The molecule has 1 aromatic carbocycles. The highest BCUT2D eigenvalue weighted by Gasteiger charge is 2.13. The molecular formula is C15H21NO6S. The number of benzene rings is 1. The SMILES string of the molecule is CC(NC(=O)CCCCOc1ccc(S(C)(=O)=O)cc1)C(=O)O. The summed E-state index contributed by atoms with van der Waals surface area (Å²) >= 11 is 0. The van der Waals surface area contributed by atoms with E-state index in [4.69, 9.17) is 9.84 Å². The largest absolute Gasteiger partial charge is 0.494 e. The third-order valence-corrected chi connectivity index (χ3v) is 4.20. The number of carboxylic acids is 1. The maximum Gasteiger partial charge on any atom is 0.325 e. The van der Waals surface area contributed by atoms with E-state index in [-0.39, 0.29) is 17.2 Å². The molecule has 1 amide bonds. The van der Waals surface area contributed by atoms with Crippen molar-refractivity contribution in [3.8, 4) is 5.75 Å². The Morgan fingerprint density at radius 2 is 1.83 bits per heavy atom. The quantitative estimate of drug-likeness (QED) is 0.653. The molecule has 1 atom stereocenters. The van der Waals surface area contributed by atoms with Gasteiger partial charge in [0.15, 0.2) is 9.84 Å². The summed E-state index contributed by atoms with van der Waals surface area (Å²) in [5.41, 5.74) is 0. The number of ether oxygens (including phenoxy) is 1. The van der Waals surface area contributed by atoms with Crippen LogP contribution in [0.2, 0.25) is 0 Å². The van der Waals surface area contributed by atoms with Crippen molar-refractivity contribution >= 4 is 21.7 Å². The van der Waals surface area contributed by atoms with Crippen LogP contribution in [0, 0.1) is 0 Å². The Labute approximate surface area is 135 Å². The molecular weight excluding hydrogens is 322 g/mol. The number of unbranched alkanes of at least 4 members (excludes halogenated alkanes) is 1. The number of hydrogen-bond donors (Lipinski definition) is 2. The van der Waals surface area contributed by atoms with Gasteiger partial charge in [0, 0.05) is 12.7 Å². The maximum atomic E-state index is 11.5. The smallest absolute Gasteiger partial charge is 0.325 e. The summed E-state index contributed by atoms with van der Waals surface area (Å²) < 4.78 is 28.1. The minimum Gasteiger partial charge on any atom is -0.494 e. The molecule has 0 aliphatic heterocycles. The van der Waals surface area contributed by atoms with Crippen molar-refractivity contribution in [3.05, 3.63) is 24.3 Å². The molecule has 0 spiro atoms. The summed E-state index contributed by atoms with van der Waals surface area (Å²) in [6.07, 6.45) is 2.56. The second-order valence-corrected chi connectivity index (χ2v) is 7.19. The Kier molecular flexibility index (Phi) is 7.02. The Balaban J connectivity index is 2.25. The normalized spacial score (nSPS) is 12.4. The minimum atomic E-state index is -3.22. The Hall–Kier alpha value is -2.09. The number of carboxylic acid groups (broad SMARTS) is 1. The first-order valence-corrected chi connectivity index (χ1v) is 9.04. The number of carbonyl (C=O) groups is 2. The van der Waals surface area contributed by atoms with Crippen molar-refractivity contribution in [1.82, 2.24) is 5.32 Å². The van der Waals surface area contributed by atoms with Crippen molar-refractivity contribution in [1.29, 1.82) is 0 Å². The highest BCUT2D eigenvalue weighted by atomic mass is 32.2. The van der Waals surface area contributed by atoms with Crippen LogP contribution in [0.5, 0.6) is 5.75 Å². The minimum absolute atomic E-state index is 0.230. The number of hydrogen-bond acceptors (Lipinski definition) is 5. The summed E-state index contributed by atoms with van der Waals surface area (Å²) in [7, 11) is -3.22. The molecule has 0 saturated carbocycles. The zero-order valence-corrected chi connectivity index (χ0v) is 13.9. The fourth-order valence-electron chi connectivity index (χ4n) is 1.74. The predicted octanol–water partition coefficient (Wildman–Crippen LogP) is 1.23. The van der Waals surface area contributed by atoms with Crippen LogP contribution < -0.4 is 10.1 Å². The van der Waals surface area contributed by atoms with Crippen LogP contribution in [-0.4, -0.2) is 44.3 Å². The molecule has 7 nitrogen and oxygen atoms in total. The van der Waals surface area contributed by atoms with Gasteiger partial charge in [-0.25, -0.2) is 8.42 Å². The monoisotopic (exact) mass is 343 g/mol. The molecule has 0 radical (unpaired) electrons. The first kappa shape index (κ1) is 19.0.